The summed E-state index contributed by atoms with van der Waals surface area (Å²) in [6.07, 6.45) is 3.72. The highest BCUT2D eigenvalue weighted by atomic mass is 35.5. The first-order valence-corrected chi connectivity index (χ1v) is 6.84. The van der Waals surface area contributed by atoms with Crippen molar-refractivity contribution < 1.29 is 4.74 Å². The highest BCUT2D eigenvalue weighted by molar-refractivity contribution is 6.31. The van der Waals surface area contributed by atoms with Crippen LogP contribution in [0.1, 0.15) is 26.0 Å². The van der Waals surface area contributed by atoms with Crippen molar-refractivity contribution >= 4 is 11.6 Å². The topological polar surface area (TPSA) is 39.1 Å². The van der Waals surface area contributed by atoms with Gasteiger partial charge >= 0.3 is 0 Å². The Labute approximate surface area is 115 Å². The van der Waals surface area contributed by atoms with Crippen LogP contribution in [0, 0.1) is 5.92 Å². The predicted molar refractivity (Wildman–Crippen MR) is 75.1 cm³/mol. The lowest BCUT2D eigenvalue weighted by molar-refractivity contribution is 0.182. The average molecular weight is 274 g/mol. The number of rotatable bonds is 8. The summed E-state index contributed by atoms with van der Waals surface area (Å²) in [7, 11) is 3.70. The molecule has 5 heteroatoms. The van der Waals surface area contributed by atoms with E-state index >= 15 is 0 Å². The average Bonchev–Trinajstić information content (AvgIpc) is 2.68. The van der Waals surface area contributed by atoms with E-state index in [9.17, 15) is 0 Å². The molecule has 0 aliphatic carbocycles. The molecule has 1 heterocycles. The van der Waals surface area contributed by atoms with Gasteiger partial charge in [-0.2, -0.15) is 5.10 Å². The number of halogens is 1. The third kappa shape index (κ3) is 4.26. The Morgan fingerprint density at radius 1 is 1.50 bits per heavy atom. The van der Waals surface area contributed by atoms with Crippen LogP contribution in [0.5, 0.6) is 0 Å². The van der Waals surface area contributed by atoms with Crippen LogP contribution in [0.2, 0.25) is 5.02 Å². The summed E-state index contributed by atoms with van der Waals surface area (Å²) in [5.41, 5.74) is 1.11. The van der Waals surface area contributed by atoms with E-state index in [1.807, 2.05) is 11.7 Å². The predicted octanol–water partition coefficient (Wildman–Crippen LogP) is 2.36. The molecule has 1 unspecified atom stereocenters. The molecular weight excluding hydrogens is 250 g/mol. The summed E-state index contributed by atoms with van der Waals surface area (Å²) < 4.78 is 7.02. The van der Waals surface area contributed by atoms with Gasteiger partial charge in [-0.3, -0.25) is 4.68 Å². The molecule has 1 rings (SSSR count). The standard InChI is InChI=1S/C13H24ClN3O/c1-10(2)12(15-3)5-6-13-11(14)9-16-17(13)7-8-18-4/h9-10,12,15H,5-8H2,1-4H3. The largest absolute Gasteiger partial charge is 0.383 e. The molecule has 0 aliphatic rings. The van der Waals surface area contributed by atoms with Gasteiger partial charge in [0.2, 0.25) is 0 Å². The van der Waals surface area contributed by atoms with E-state index in [4.69, 9.17) is 16.3 Å². The fourth-order valence-electron chi connectivity index (χ4n) is 2.11. The number of hydrogen-bond acceptors (Lipinski definition) is 3. The minimum atomic E-state index is 0.506. The van der Waals surface area contributed by atoms with Crippen LogP contribution < -0.4 is 5.32 Å². The molecule has 1 aromatic rings. The Bertz CT molecular complexity index is 352. The van der Waals surface area contributed by atoms with Crippen molar-refractivity contribution in [2.24, 2.45) is 5.92 Å². The van der Waals surface area contributed by atoms with Crippen LogP contribution in [-0.2, 0) is 17.7 Å². The molecule has 0 aliphatic heterocycles. The van der Waals surface area contributed by atoms with Gasteiger partial charge in [-0.05, 0) is 25.8 Å². The van der Waals surface area contributed by atoms with Gasteiger partial charge in [0.05, 0.1) is 30.1 Å². The van der Waals surface area contributed by atoms with Crippen molar-refractivity contribution in [3.63, 3.8) is 0 Å². The van der Waals surface area contributed by atoms with Crippen LogP contribution in [0.4, 0.5) is 0 Å². The minimum Gasteiger partial charge on any atom is -0.383 e. The maximum Gasteiger partial charge on any atom is 0.0817 e. The number of nitrogens with one attached hydrogen (secondary N) is 1. The van der Waals surface area contributed by atoms with Crippen molar-refractivity contribution in [2.75, 3.05) is 20.8 Å². The van der Waals surface area contributed by atoms with Crippen molar-refractivity contribution in [1.82, 2.24) is 15.1 Å². The van der Waals surface area contributed by atoms with Crippen LogP contribution in [0.25, 0.3) is 0 Å². The van der Waals surface area contributed by atoms with E-state index in [2.05, 4.69) is 24.3 Å². The van der Waals surface area contributed by atoms with Crippen molar-refractivity contribution in [3.05, 3.63) is 16.9 Å². The number of hydrogen-bond donors (Lipinski definition) is 1. The molecule has 0 fully saturated rings. The van der Waals surface area contributed by atoms with E-state index in [1.54, 1.807) is 13.3 Å². The van der Waals surface area contributed by atoms with Crippen LogP contribution in [-0.4, -0.2) is 36.6 Å². The summed E-state index contributed by atoms with van der Waals surface area (Å²) in [6.45, 7) is 5.87. The molecule has 104 valence electrons. The SMILES string of the molecule is CNC(CCc1c(Cl)cnn1CCOC)C(C)C. The molecule has 4 nitrogen and oxygen atoms in total. The first kappa shape index (κ1) is 15.5. The van der Waals surface area contributed by atoms with Crippen molar-refractivity contribution in [1.29, 1.82) is 0 Å². The van der Waals surface area contributed by atoms with Crippen LogP contribution >= 0.6 is 11.6 Å². The monoisotopic (exact) mass is 273 g/mol. The minimum absolute atomic E-state index is 0.506. The molecule has 0 amide bonds. The molecule has 0 saturated heterocycles. The number of ether oxygens (including phenoxy) is 1. The van der Waals surface area contributed by atoms with Crippen molar-refractivity contribution in [3.8, 4) is 0 Å². The molecule has 1 atom stereocenters. The van der Waals surface area contributed by atoms with Crippen LogP contribution in [0.15, 0.2) is 6.20 Å². The summed E-state index contributed by atoms with van der Waals surface area (Å²) in [4.78, 5) is 0. The van der Waals surface area contributed by atoms with E-state index in [1.165, 1.54) is 0 Å². The molecule has 0 aromatic carbocycles. The van der Waals surface area contributed by atoms with Gasteiger partial charge < -0.3 is 10.1 Å². The number of methoxy groups -OCH3 is 1. The molecule has 1 N–H and O–H groups in total. The summed E-state index contributed by atoms with van der Waals surface area (Å²) in [5, 5.41) is 8.39. The molecular formula is C13H24ClN3O. The number of nitrogens with zero attached hydrogens (tertiary/aromatic N) is 2. The van der Waals surface area contributed by atoms with Crippen LogP contribution in [0.3, 0.4) is 0 Å². The lowest BCUT2D eigenvalue weighted by atomic mass is 9.98. The van der Waals surface area contributed by atoms with E-state index in [0.717, 1.165) is 30.1 Å². The highest BCUT2D eigenvalue weighted by Crippen LogP contribution is 2.19. The third-order valence-electron chi connectivity index (χ3n) is 3.27. The maximum absolute atomic E-state index is 6.19. The highest BCUT2D eigenvalue weighted by Gasteiger charge is 2.14. The van der Waals surface area contributed by atoms with Gasteiger partial charge in [-0.25, -0.2) is 0 Å². The molecule has 0 spiro atoms. The summed E-state index contributed by atoms with van der Waals surface area (Å²) >= 11 is 6.19. The normalized spacial score (nSPS) is 13.2. The Morgan fingerprint density at radius 2 is 2.22 bits per heavy atom. The second-order valence-corrected chi connectivity index (χ2v) is 5.24. The summed E-state index contributed by atoms with van der Waals surface area (Å²) in [5.74, 6) is 0.615. The lowest BCUT2D eigenvalue weighted by Gasteiger charge is -2.20. The summed E-state index contributed by atoms with van der Waals surface area (Å²) in [6, 6.07) is 0.506. The van der Waals surface area contributed by atoms with Gasteiger partial charge in [0, 0.05) is 13.2 Å². The third-order valence-corrected chi connectivity index (χ3v) is 3.59. The van der Waals surface area contributed by atoms with Gasteiger partial charge in [-0.15, -0.1) is 0 Å². The first-order valence-electron chi connectivity index (χ1n) is 6.46. The zero-order chi connectivity index (χ0) is 13.5. The molecule has 18 heavy (non-hydrogen) atoms. The quantitative estimate of drug-likeness (QED) is 0.790. The second-order valence-electron chi connectivity index (χ2n) is 4.83. The Morgan fingerprint density at radius 3 is 2.78 bits per heavy atom. The number of aromatic nitrogens is 2. The molecule has 0 radical (unpaired) electrons. The zero-order valence-corrected chi connectivity index (χ0v) is 12.5. The van der Waals surface area contributed by atoms with Gasteiger partial charge in [-0.1, -0.05) is 25.4 Å². The van der Waals surface area contributed by atoms with E-state index in [0.29, 0.717) is 18.6 Å². The lowest BCUT2D eigenvalue weighted by Crippen LogP contribution is -2.31. The van der Waals surface area contributed by atoms with Gasteiger partial charge in [0.15, 0.2) is 0 Å². The van der Waals surface area contributed by atoms with Crippen molar-refractivity contribution in [2.45, 2.75) is 39.3 Å². The Kier molecular flexibility index (Phi) is 6.68. The van der Waals surface area contributed by atoms with E-state index < -0.39 is 0 Å². The second kappa shape index (κ2) is 7.77. The van der Waals surface area contributed by atoms with E-state index in [-0.39, 0.29) is 0 Å². The maximum atomic E-state index is 6.19. The van der Waals surface area contributed by atoms with Gasteiger partial charge in [0.1, 0.15) is 0 Å². The smallest absolute Gasteiger partial charge is 0.0817 e. The fourth-order valence-corrected chi connectivity index (χ4v) is 2.35. The molecule has 1 aromatic heterocycles. The first-order chi connectivity index (χ1) is 8.60. The molecule has 0 bridgehead atoms. The Balaban J connectivity index is 2.62. The fraction of sp³-hybridized carbons (Fsp3) is 0.769. The van der Waals surface area contributed by atoms with Gasteiger partial charge in [0.25, 0.3) is 0 Å². The Hall–Kier alpha value is -0.580. The zero-order valence-electron chi connectivity index (χ0n) is 11.7. The molecule has 0 saturated carbocycles.